The normalized spacial score (nSPS) is 25.5. The van der Waals surface area contributed by atoms with Crippen molar-refractivity contribution in [3.63, 3.8) is 0 Å². The Bertz CT molecular complexity index is 3190. The van der Waals surface area contributed by atoms with Crippen LogP contribution in [0.4, 0.5) is 0 Å². The summed E-state index contributed by atoms with van der Waals surface area (Å²) in [4.78, 5) is 213. The SMILES string of the molecule is COOC(=O)C[C@@H]1NC(=O)[C@H](CC(C)(C)C)NC(=O)[C@@H]2CCCN2C(=O)[C@@H]2CSCc3cc(cc(c3)OCCCCCCO/N=C/C(=O)N[C@@H](CCCNC(=N)N)C(=O)N2)CSC[C@@H](C(N)=O)NC(=O)[C@H](CCC(=O)O)NC(=O)[C@H](CCC(N)=O)NC(=O)[C@@H]2CCCN2C(=O)C(C(C)C)NC1=O. The van der Waals surface area contributed by atoms with Crippen molar-refractivity contribution in [3.8, 4) is 5.75 Å². The van der Waals surface area contributed by atoms with Gasteiger partial charge in [-0.05, 0) is 118 Å². The summed E-state index contributed by atoms with van der Waals surface area (Å²) in [5, 5.41) is 44.7. The number of carboxylic acid groups (broad SMARTS) is 1. The third kappa shape index (κ3) is 28.4. The van der Waals surface area contributed by atoms with Gasteiger partial charge in [0.1, 0.15) is 79.0 Å². The Morgan fingerprint density at radius 3 is 1.79 bits per heavy atom. The number of nitrogens with two attached hydrogens (primary N) is 3. The first kappa shape index (κ1) is 83.7. The number of carbonyl (C=O) groups is 14. The van der Waals surface area contributed by atoms with E-state index in [2.05, 4.69) is 57.9 Å². The van der Waals surface area contributed by atoms with Crippen molar-refractivity contribution in [2.75, 3.05) is 51.5 Å². The molecule has 17 N–H and O–H groups in total. The molecule has 4 aliphatic heterocycles. The number of oxime groups is 1. The van der Waals surface area contributed by atoms with Crippen molar-refractivity contribution in [3.05, 3.63) is 29.3 Å². The van der Waals surface area contributed by atoms with Gasteiger partial charge >= 0.3 is 11.9 Å². The summed E-state index contributed by atoms with van der Waals surface area (Å²) in [6, 6.07) is -9.30. The highest BCUT2D eigenvalue weighted by molar-refractivity contribution is 7.98. The van der Waals surface area contributed by atoms with Crippen molar-refractivity contribution >= 4 is 119 Å². The van der Waals surface area contributed by atoms with Gasteiger partial charge in [-0.25, -0.2) is 4.79 Å². The molecule has 0 radical (unpaired) electrons. The van der Waals surface area contributed by atoms with Crippen molar-refractivity contribution in [1.82, 2.24) is 57.7 Å². The molecule has 12 amide bonds. The van der Waals surface area contributed by atoms with E-state index in [9.17, 15) is 67.4 Å². The molecule has 0 saturated carbocycles. The molecule has 1 unspecified atom stereocenters. The van der Waals surface area contributed by atoms with Crippen LogP contribution in [0, 0.1) is 16.7 Å². The van der Waals surface area contributed by atoms with Gasteiger partial charge in [0.15, 0.2) is 5.96 Å². The summed E-state index contributed by atoms with van der Waals surface area (Å²) >= 11 is 2.39. The number of hydrogen-bond donors (Lipinski definition) is 14. The van der Waals surface area contributed by atoms with Crippen LogP contribution in [0.1, 0.15) is 148 Å². The fourth-order valence-electron chi connectivity index (χ4n) is 11.7. The van der Waals surface area contributed by atoms with Crippen molar-refractivity contribution in [2.24, 2.45) is 33.7 Å². The zero-order valence-corrected chi connectivity index (χ0v) is 60.2. The zero-order valence-electron chi connectivity index (χ0n) is 58.5. The molecule has 0 aromatic heterocycles. The highest BCUT2D eigenvalue weighted by atomic mass is 32.2. The van der Waals surface area contributed by atoms with Crippen molar-refractivity contribution in [2.45, 2.75) is 209 Å². The number of rotatable bonds is 16. The molecule has 0 aliphatic carbocycles. The minimum absolute atomic E-state index is 0.0138. The Morgan fingerprint density at radius 2 is 1.21 bits per heavy atom. The maximum Gasteiger partial charge on any atom is 0.344 e. The predicted octanol–water partition coefficient (Wildman–Crippen LogP) is -1.55. The lowest BCUT2D eigenvalue weighted by Gasteiger charge is -2.33. The van der Waals surface area contributed by atoms with E-state index in [-0.39, 0.29) is 93.7 Å². The van der Waals surface area contributed by atoms with Gasteiger partial charge in [0.25, 0.3) is 5.91 Å². The number of aliphatic carboxylic acids is 1. The first-order valence-electron chi connectivity index (χ1n) is 34.1. The summed E-state index contributed by atoms with van der Waals surface area (Å²) in [5.74, 6) is -13.9. The molecule has 566 valence electrons. The summed E-state index contributed by atoms with van der Waals surface area (Å²) in [7, 11) is 1.02. The Hall–Kier alpha value is -9.00. The number of amides is 12. The van der Waals surface area contributed by atoms with E-state index < -0.39 is 187 Å². The van der Waals surface area contributed by atoms with E-state index in [0.717, 1.165) is 31.1 Å². The molecule has 10 atom stereocenters. The zero-order chi connectivity index (χ0) is 75.2. The van der Waals surface area contributed by atoms with Crippen LogP contribution in [-0.2, 0) is 93.2 Å². The number of thioether (sulfide) groups is 2. The molecule has 4 bridgehead atoms. The molecule has 2 fully saturated rings. The monoisotopic (exact) mass is 1470 g/mol. The summed E-state index contributed by atoms with van der Waals surface area (Å²) in [6.07, 6.45) is 1.28. The number of nitrogens with one attached hydrogen (secondary N) is 10. The number of primary amides is 2. The Kier molecular flexibility index (Phi) is 34.3. The molecule has 4 heterocycles. The van der Waals surface area contributed by atoms with Crippen LogP contribution < -0.4 is 69.8 Å². The van der Waals surface area contributed by atoms with Crippen molar-refractivity contribution < 1.29 is 91.6 Å². The minimum atomic E-state index is -1.83. The smallest absolute Gasteiger partial charge is 0.344 e. The van der Waals surface area contributed by atoms with Crippen LogP contribution in [0.2, 0.25) is 0 Å². The fourth-order valence-corrected chi connectivity index (χ4v) is 13.7. The average molecular weight is 1470 g/mol. The summed E-state index contributed by atoms with van der Waals surface area (Å²) < 4.78 is 6.28. The summed E-state index contributed by atoms with van der Waals surface area (Å²) in [6.45, 7) is 9.01. The molecule has 35 nitrogen and oxygen atoms in total. The Labute approximate surface area is 600 Å². The van der Waals surface area contributed by atoms with E-state index in [1.54, 1.807) is 46.8 Å². The van der Waals surface area contributed by atoms with Gasteiger partial charge < -0.3 is 89.5 Å². The van der Waals surface area contributed by atoms with Gasteiger partial charge in [0, 0.05) is 55.5 Å². The van der Waals surface area contributed by atoms with Gasteiger partial charge in [-0.1, -0.05) is 45.8 Å². The van der Waals surface area contributed by atoms with Crippen LogP contribution >= 0.6 is 23.5 Å². The van der Waals surface area contributed by atoms with E-state index in [1.165, 1.54) is 28.4 Å². The second-order valence-electron chi connectivity index (χ2n) is 26.8. The highest BCUT2D eigenvalue weighted by Gasteiger charge is 2.44. The number of benzene rings is 1. The molecule has 4 aliphatic rings. The molecule has 102 heavy (non-hydrogen) atoms. The van der Waals surface area contributed by atoms with Crippen LogP contribution in [-0.4, -0.2) is 222 Å². The number of carboxylic acids is 1. The quantitative estimate of drug-likeness (QED) is 0.0293. The molecular weight excluding hydrogens is 1370 g/mol. The van der Waals surface area contributed by atoms with Crippen molar-refractivity contribution in [1.29, 1.82) is 5.41 Å². The highest BCUT2D eigenvalue weighted by Crippen LogP contribution is 2.29. The minimum Gasteiger partial charge on any atom is -0.494 e. The number of hydrogen-bond acceptors (Lipinski definition) is 22. The maximum absolute atomic E-state index is 15.3. The van der Waals surface area contributed by atoms with Gasteiger partial charge in [0.2, 0.25) is 65.0 Å². The van der Waals surface area contributed by atoms with Gasteiger partial charge in [-0.15, -0.1) is 0 Å². The third-order valence-electron chi connectivity index (χ3n) is 16.8. The molecular formula is C65H100N16O19S2. The number of ether oxygens (including phenoxy) is 1. The second-order valence-corrected chi connectivity index (χ2v) is 28.9. The fraction of sp³-hybridized carbons (Fsp3) is 0.662. The Balaban J connectivity index is 1.63. The van der Waals surface area contributed by atoms with E-state index in [4.69, 9.17) is 37.1 Å². The van der Waals surface area contributed by atoms with Gasteiger partial charge in [-0.2, -0.15) is 28.4 Å². The predicted molar refractivity (Wildman–Crippen MR) is 372 cm³/mol. The number of fused-ring (bicyclic) bond motifs is 7. The summed E-state index contributed by atoms with van der Waals surface area (Å²) in [5.41, 5.74) is 17.5. The molecule has 0 spiro atoms. The lowest BCUT2D eigenvalue weighted by molar-refractivity contribution is -0.255. The van der Waals surface area contributed by atoms with E-state index >= 15 is 4.79 Å². The largest absolute Gasteiger partial charge is 0.494 e. The van der Waals surface area contributed by atoms with Gasteiger partial charge in [0.05, 0.1) is 20.1 Å². The maximum atomic E-state index is 15.3. The second kappa shape index (κ2) is 41.8. The number of guanidine groups is 1. The lowest BCUT2D eigenvalue weighted by Crippen LogP contribution is -2.61. The molecule has 5 rings (SSSR count). The van der Waals surface area contributed by atoms with Crippen LogP contribution in [0.25, 0.3) is 0 Å². The topological polar surface area (TPSA) is 525 Å². The standard InChI is InChI=1S/C65H100N16O19S2/c1-36(2)53-63(96)81-23-13-16-48(81)60(93)74-41(17-19-49(66)82)56(89)73-42(18-20-51(84)85)57(90)77-45(54(67)87)34-101-32-37-26-38-28-39(27-37)98-24-9-7-8-10-25-99-71-31-50(83)72-40(14-11-21-70-64(68)69)55(88)78-46(35-102-33-38)62(95)80-22-12-15-47(80)61(94)76-44(30-65(3,4)5)59(92)75-43(58(91)79-53)29-52(86)100-97-6/h26-28,31,36,40-48,53H,7-25,29-30,32-35H2,1-6H3,(H2,66,82)(H2,67,87)(H,72,83)(H,73,89)(H,74,93)(H,75,92)(H,76,94)(H,77,90)(H,78,88)(H,79,91)(H,84,85)(H4,68,69,70)/b71-31+/t40-,41-,42-,43-,44-,45-,46-,47-,48-,53?/m0/s1. The molecule has 1 aromatic carbocycles. The molecule has 1 aromatic rings. The number of carbonyl (C=O) groups excluding carboxylic acids is 13. The van der Waals surface area contributed by atoms with Crippen LogP contribution in [0.15, 0.2) is 23.4 Å². The average Bonchev–Trinajstić information content (AvgIpc) is 1.61. The van der Waals surface area contributed by atoms with E-state index in [0.29, 0.717) is 42.7 Å². The van der Waals surface area contributed by atoms with Crippen LogP contribution in [0.5, 0.6) is 5.75 Å². The van der Waals surface area contributed by atoms with Crippen LogP contribution in [0.3, 0.4) is 0 Å². The first-order valence-corrected chi connectivity index (χ1v) is 36.4. The van der Waals surface area contributed by atoms with E-state index in [1.807, 2.05) is 6.07 Å². The number of nitrogens with zero attached hydrogens (tertiary/aromatic N) is 3. The molecule has 37 heteroatoms. The molecule has 2 saturated heterocycles. The Morgan fingerprint density at radius 1 is 0.667 bits per heavy atom. The third-order valence-corrected chi connectivity index (χ3v) is 19.0. The lowest BCUT2D eigenvalue weighted by atomic mass is 9.87. The van der Waals surface area contributed by atoms with Gasteiger partial charge in [-0.3, -0.25) is 72.6 Å². The first-order chi connectivity index (χ1) is 48.3.